The number of nitrogen functional groups attached to an aromatic ring is 2. The first-order valence-corrected chi connectivity index (χ1v) is 4.17. The summed E-state index contributed by atoms with van der Waals surface area (Å²) in [7, 11) is 0. The number of halogens is 2. The molecule has 8 heteroatoms. The summed E-state index contributed by atoms with van der Waals surface area (Å²) in [6.45, 7) is 0. The van der Waals surface area contributed by atoms with Crippen molar-refractivity contribution in [3.63, 3.8) is 0 Å². The molecule has 0 bridgehead atoms. The molecular weight excluding hydrogens is 316 g/mol. The summed E-state index contributed by atoms with van der Waals surface area (Å²) in [5.41, 5.74) is 11.8. The Morgan fingerprint density at radius 2 is 1.86 bits per heavy atom. The summed E-state index contributed by atoms with van der Waals surface area (Å²) >= 11 is 3.17. The van der Waals surface area contributed by atoms with Crippen molar-refractivity contribution in [2.45, 2.75) is 0 Å². The van der Waals surface area contributed by atoms with E-state index in [9.17, 15) is 0 Å². The molecule has 0 amide bonds. The molecule has 0 fully saturated rings. The van der Waals surface area contributed by atoms with E-state index < -0.39 is 0 Å². The van der Waals surface area contributed by atoms with Gasteiger partial charge in [-0.3, -0.25) is 0 Å². The van der Waals surface area contributed by atoms with E-state index in [0.29, 0.717) is 15.8 Å². The van der Waals surface area contributed by atoms with Crippen LogP contribution in [0.1, 0.15) is 0 Å². The van der Waals surface area contributed by atoms with Crippen molar-refractivity contribution in [2.24, 2.45) is 0 Å². The van der Waals surface area contributed by atoms with E-state index in [-0.39, 0.29) is 28.7 Å². The average Bonchev–Trinajstić information content (AvgIpc) is 2.06. The van der Waals surface area contributed by atoms with Crippen LogP contribution in [0.3, 0.4) is 0 Å². The maximum atomic E-state index is 5.57. The van der Waals surface area contributed by atoms with Crippen molar-refractivity contribution in [2.75, 3.05) is 11.5 Å². The fourth-order valence-corrected chi connectivity index (χ4v) is 1.20. The quantitative estimate of drug-likeness (QED) is 0.748. The molecule has 74 valence electrons. The van der Waals surface area contributed by atoms with Gasteiger partial charge < -0.3 is 11.5 Å². The minimum atomic E-state index is 0. The summed E-state index contributed by atoms with van der Waals surface area (Å²) in [6.07, 6.45) is 1.52. The zero-order valence-electron chi connectivity index (χ0n) is 6.81. The van der Waals surface area contributed by atoms with Gasteiger partial charge in [-0.1, -0.05) is 0 Å². The van der Waals surface area contributed by atoms with E-state index in [4.69, 9.17) is 11.5 Å². The SMILES string of the molecule is Br.Nc1nc(N)c2nc(Br)cnc2n1. The molecule has 0 spiro atoms. The Kier molecular flexibility index (Phi) is 3.17. The van der Waals surface area contributed by atoms with Gasteiger partial charge in [0.2, 0.25) is 5.95 Å². The minimum Gasteiger partial charge on any atom is -0.382 e. The monoisotopic (exact) mass is 320 g/mol. The van der Waals surface area contributed by atoms with Crippen LogP contribution >= 0.6 is 32.9 Å². The summed E-state index contributed by atoms with van der Waals surface area (Å²) in [6, 6.07) is 0. The fourth-order valence-electron chi connectivity index (χ4n) is 0.925. The Bertz CT molecular complexity index is 473. The first-order chi connectivity index (χ1) is 6.16. The highest BCUT2D eigenvalue weighted by Gasteiger charge is 2.05. The maximum Gasteiger partial charge on any atom is 0.224 e. The van der Waals surface area contributed by atoms with Crippen LogP contribution in [0.25, 0.3) is 11.2 Å². The first kappa shape index (κ1) is 11.1. The highest BCUT2D eigenvalue weighted by Crippen LogP contribution is 2.16. The number of hydrogen-bond acceptors (Lipinski definition) is 6. The number of aromatic nitrogens is 4. The van der Waals surface area contributed by atoms with E-state index in [0.717, 1.165) is 0 Å². The van der Waals surface area contributed by atoms with Crippen molar-refractivity contribution in [1.29, 1.82) is 0 Å². The molecule has 6 nitrogen and oxygen atoms in total. The molecule has 0 atom stereocenters. The van der Waals surface area contributed by atoms with E-state index >= 15 is 0 Å². The second-order valence-electron chi connectivity index (χ2n) is 2.33. The van der Waals surface area contributed by atoms with Crippen LogP contribution in [0.4, 0.5) is 11.8 Å². The fraction of sp³-hybridized carbons (Fsp3) is 0. The zero-order valence-corrected chi connectivity index (χ0v) is 10.1. The van der Waals surface area contributed by atoms with Gasteiger partial charge in [-0.15, -0.1) is 17.0 Å². The molecule has 4 N–H and O–H groups in total. The molecule has 0 aliphatic carbocycles. The van der Waals surface area contributed by atoms with Crippen molar-refractivity contribution in [3.8, 4) is 0 Å². The number of nitrogens with two attached hydrogens (primary N) is 2. The van der Waals surface area contributed by atoms with Crippen LogP contribution in [0.15, 0.2) is 10.8 Å². The predicted molar refractivity (Wildman–Crippen MR) is 62.0 cm³/mol. The van der Waals surface area contributed by atoms with Crippen molar-refractivity contribution < 1.29 is 0 Å². The normalized spacial score (nSPS) is 9.79. The predicted octanol–water partition coefficient (Wildman–Crippen LogP) is 0.925. The van der Waals surface area contributed by atoms with Crippen LogP contribution in [-0.4, -0.2) is 19.9 Å². The lowest BCUT2D eigenvalue weighted by molar-refractivity contribution is 1.15. The second kappa shape index (κ2) is 4.01. The third-order valence-corrected chi connectivity index (χ3v) is 1.80. The highest BCUT2D eigenvalue weighted by molar-refractivity contribution is 9.10. The topological polar surface area (TPSA) is 104 Å². The van der Waals surface area contributed by atoms with E-state index in [1.165, 1.54) is 6.20 Å². The number of anilines is 2. The molecule has 14 heavy (non-hydrogen) atoms. The smallest absolute Gasteiger partial charge is 0.224 e. The molecule has 2 rings (SSSR count). The van der Waals surface area contributed by atoms with Crippen molar-refractivity contribution in [3.05, 3.63) is 10.8 Å². The average molecular weight is 322 g/mol. The van der Waals surface area contributed by atoms with Crippen LogP contribution in [0.5, 0.6) is 0 Å². The molecule has 0 aliphatic rings. The summed E-state index contributed by atoms with van der Waals surface area (Å²) < 4.78 is 0.583. The van der Waals surface area contributed by atoms with Crippen molar-refractivity contribution >= 4 is 55.8 Å². The molecule has 2 heterocycles. The Balaban J connectivity index is 0.000000980. The van der Waals surface area contributed by atoms with E-state index in [1.807, 2.05) is 0 Å². The van der Waals surface area contributed by atoms with E-state index in [2.05, 4.69) is 35.9 Å². The minimum absolute atomic E-state index is 0. The summed E-state index contributed by atoms with van der Waals surface area (Å²) in [4.78, 5) is 15.7. The van der Waals surface area contributed by atoms with Gasteiger partial charge in [-0.05, 0) is 15.9 Å². The van der Waals surface area contributed by atoms with Gasteiger partial charge >= 0.3 is 0 Å². The molecule has 0 unspecified atom stereocenters. The Morgan fingerprint density at radius 1 is 1.14 bits per heavy atom. The number of hydrogen-bond donors (Lipinski definition) is 2. The molecule has 2 aromatic rings. The lowest BCUT2D eigenvalue weighted by atomic mass is 10.5. The molecule has 0 saturated carbocycles. The highest BCUT2D eigenvalue weighted by atomic mass is 79.9. The van der Waals surface area contributed by atoms with Gasteiger partial charge in [0.25, 0.3) is 0 Å². The van der Waals surface area contributed by atoms with Crippen LogP contribution in [-0.2, 0) is 0 Å². The lowest BCUT2D eigenvalue weighted by Gasteiger charge is -1.99. The molecule has 0 saturated heterocycles. The zero-order chi connectivity index (χ0) is 9.42. The molecular formula is C6H6Br2N6. The van der Waals surface area contributed by atoms with Crippen molar-refractivity contribution in [1.82, 2.24) is 19.9 Å². The maximum absolute atomic E-state index is 5.57. The van der Waals surface area contributed by atoms with Gasteiger partial charge in [-0.2, -0.15) is 9.97 Å². The Labute approximate surface area is 98.1 Å². The third-order valence-electron chi connectivity index (χ3n) is 1.42. The van der Waals surface area contributed by atoms with E-state index in [1.54, 1.807) is 0 Å². The first-order valence-electron chi connectivity index (χ1n) is 3.38. The van der Waals surface area contributed by atoms with Crippen LogP contribution in [0, 0.1) is 0 Å². The van der Waals surface area contributed by atoms with Gasteiger partial charge in [0.05, 0.1) is 6.20 Å². The van der Waals surface area contributed by atoms with Crippen LogP contribution < -0.4 is 11.5 Å². The third kappa shape index (κ3) is 1.90. The summed E-state index contributed by atoms with van der Waals surface area (Å²) in [5, 5.41) is 0. The van der Waals surface area contributed by atoms with Gasteiger partial charge in [0.1, 0.15) is 4.60 Å². The number of fused-ring (bicyclic) bond motifs is 1. The summed E-state index contributed by atoms with van der Waals surface area (Å²) in [5.74, 6) is 0.331. The molecule has 2 aromatic heterocycles. The van der Waals surface area contributed by atoms with Gasteiger partial charge in [0.15, 0.2) is 17.0 Å². The number of rotatable bonds is 0. The van der Waals surface area contributed by atoms with Gasteiger partial charge in [0, 0.05) is 0 Å². The van der Waals surface area contributed by atoms with Gasteiger partial charge in [-0.25, -0.2) is 9.97 Å². The molecule has 0 radical (unpaired) electrons. The second-order valence-corrected chi connectivity index (χ2v) is 3.14. The molecule has 0 aromatic carbocycles. The van der Waals surface area contributed by atoms with Crippen LogP contribution in [0.2, 0.25) is 0 Å². The molecule has 0 aliphatic heterocycles. The Hall–Kier alpha value is -1.02. The Morgan fingerprint density at radius 3 is 2.57 bits per heavy atom. The number of nitrogens with zero attached hydrogens (tertiary/aromatic N) is 4. The lowest BCUT2D eigenvalue weighted by Crippen LogP contribution is -2.02. The largest absolute Gasteiger partial charge is 0.382 e. The standard InChI is InChI=1S/C6H5BrN6.BrH/c7-2-1-10-5-3(11-2)4(8)12-6(9)13-5;/h1H,(H4,8,9,10,12,13);1H.